The molecule has 120 valence electrons. The Balaban J connectivity index is 0.00000400. The lowest BCUT2D eigenvalue weighted by Crippen LogP contribution is -2.11. The molecule has 1 amide bonds. The molecule has 0 saturated carbocycles. The summed E-state index contributed by atoms with van der Waals surface area (Å²) < 4.78 is 24.5. The molecule has 1 aromatic rings. The second-order valence-corrected chi connectivity index (χ2v) is 5.47. The van der Waals surface area contributed by atoms with Crippen molar-refractivity contribution in [2.75, 3.05) is 11.9 Å². The summed E-state index contributed by atoms with van der Waals surface area (Å²) in [5.74, 6) is -2.54. The fourth-order valence-corrected chi connectivity index (χ4v) is 2.31. The molecule has 21 heavy (non-hydrogen) atoms. The van der Waals surface area contributed by atoms with Crippen molar-refractivity contribution in [2.24, 2.45) is 5.73 Å². The van der Waals surface area contributed by atoms with E-state index in [0.29, 0.717) is 35.3 Å². The maximum absolute atomic E-state index is 12.2. The lowest BCUT2D eigenvalue weighted by Gasteiger charge is -2.07. The van der Waals surface area contributed by atoms with E-state index in [0.717, 1.165) is 25.7 Å². The first-order valence-corrected chi connectivity index (χ1v) is 7.54. The molecule has 3 nitrogen and oxygen atoms in total. The van der Waals surface area contributed by atoms with E-state index in [2.05, 4.69) is 5.32 Å². The SMILES string of the molecule is Cl.NCCCCCCC(=O)Nc1cccc(SC(F)F)c1. The maximum Gasteiger partial charge on any atom is 0.288 e. The molecule has 0 radical (unpaired) electrons. The van der Waals surface area contributed by atoms with Gasteiger partial charge in [-0.15, -0.1) is 12.4 Å². The normalized spacial score (nSPS) is 10.3. The first-order valence-electron chi connectivity index (χ1n) is 6.66. The molecular formula is C14H21ClF2N2OS. The third-order valence-electron chi connectivity index (χ3n) is 2.70. The number of anilines is 1. The van der Waals surface area contributed by atoms with Crippen molar-refractivity contribution in [3.05, 3.63) is 24.3 Å². The minimum atomic E-state index is -2.46. The molecule has 0 aromatic heterocycles. The van der Waals surface area contributed by atoms with Crippen molar-refractivity contribution >= 4 is 35.8 Å². The Kier molecular flexibility index (Phi) is 11.3. The van der Waals surface area contributed by atoms with Gasteiger partial charge in [0.05, 0.1) is 0 Å². The molecule has 0 unspecified atom stereocenters. The number of carbonyl (C=O) groups excluding carboxylic acids is 1. The van der Waals surface area contributed by atoms with E-state index in [1.165, 1.54) is 0 Å². The van der Waals surface area contributed by atoms with Gasteiger partial charge in [-0.3, -0.25) is 4.79 Å². The molecule has 0 saturated heterocycles. The number of rotatable bonds is 9. The van der Waals surface area contributed by atoms with Crippen molar-refractivity contribution in [3.8, 4) is 0 Å². The third kappa shape index (κ3) is 9.66. The summed E-state index contributed by atoms with van der Waals surface area (Å²) in [4.78, 5) is 12.1. The number of carbonyl (C=O) groups is 1. The molecule has 0 aliphatic carbocycles. The molecule has 0 spiro atoms. The van der Waals surface area contributed by atoms with E-state index in [1.54, 1.807) is 24.3 Å². The van der Waals surface area contributed by atoms with E-state index in [1.807, 2.05) is 0 Å². The fourth-order valence-electron chi connectivity index (χ4n) is 1.76. The number of amides is 1. The lowest BCUT2D eigenvalue weighted by atomic mass is 10.1. The van der Waals surface area contributed by atoms with Crippen LogP contribution in [0.4, 0.5) is 14.5 Å². The predicted octanol–water partition coefficient (Wildman–Crippen LogP) is 4.27. The number of thioether (sulfide) groups is 1. The summed E-state index contributed by atoms with van der Waals surface area (Å²) in [6, 6.07) is 6.51. The van der Waals surface area contributed by atoms with Crippen LogP contribution in [-0.2, 0) is 4.79 Å². The van der Waals surface area contributed by atoms with Gasteiger partial charge in [0.15, 0.2) is 0 Å². The summed E-state index contributed by atoms with van der Waals surface area (Å²) >= 11 is 0.470. The molecule has 1 aromatic carbocycles. The number of alkyl halides is 2. The fraction of sp³-hybridized carbons (Fsp3) is 0.500. The van der Waals surface area contributed by atoms with Gasteiger partial charge < -0.3 is 11.1 Å². The van der Waals surface area contributed by atoms with Crippen LogP contribution in [0.3, 0.4) is 0 Å². The Morgan fingerprint density at radius 2 is 1.95 bits per heavy atom. The van der Waals surface area contributed by atoms with E-state index >= 15 is 0 Å². The van der Waals surface area contributed by atoms with Crippen molar-refractivity contribution in [2.45, 2.75) is 42.8 Å². The first kappa shape index (κ1) is 20.1. The van der Waals surface area contributed by atoms with E-state index in [4.69, 9.17) is 5.73 Å². The van der Waals surface area contributed by atoms with Crippen LogP contribution in [-0.4, -0.2) is 18.2 Å². The van der Waals surface area contributed by atoms with E-state index < -0.39 is 5.76 Å². The smallest absolute Gasteiger partial charge is 0.288 e. The Hall–Kier alpha value is -0.850. The number of nitrogens with one attached hydrogen (secondary N) is 1. The Bertz CT molecular complexity index is 422. The first-order chi connectivity index (χ1) is 9.61. The average molecular weight is 339 g/mol. The molecular weight excluding hydrogens is 318 g/mol. The highest BCUT2D eigenvalue weighted by molar-refractivity contribution is 7.99. The minimum Gasteiger partial charge on any atom is -0.330 e. The van der Waals surface area contributed by atoms with Crippen molar-refractivity contribution in [1.82, 2.24) is 0 Å². The largest absolute Gasteiger partial charge is 0.330 e. The zero-order valence-corrected chi connectivity index (χ0v) is 13.3. The third-order valence-corrected chi connectivity index (χ3v) is 3.41. The quantitative estimate of drug-likeness (QED) is 0.522. The van der Waals surface area contributed by atoms with Crippen LogP contribution in [0.15, 0.2) is 29.2 Å². The number of unbranched alkanes of at least 4 members (excludes halogenated alkanes) is 3. The van der Waals surface area contributed by atoms with Crippen LogP contribution < -0.4 is 11.1 Å². The summed E-state index contributed by atoms with van der Waals surface area (Å²) in [5.41, 5.74) is 5.94. The van der Waals surface area contributed by atoms with Gasteiger partial charge in [-0.05, 0) is 37.6 Å². The number of hydrogen-bond donors (Lipinski definition) is 2. The Morgan fingerprint density at radius 1 is 1.24 bits per heavy atom. The highest BCUT2D eigenvalue weighted by Gasteiger charge is 2.07. The highest BCUT2D eigenvalue weighted by atomic mass is 35.5. The number of hydrogen-bond acceptors (Lipinski definition) is 3. The molecule has 1 rings (SSSR count). The van der Waals surface area contributed by atoms with Crippen LogP contribution in [0.25, 0.3) is 0 Å². The molecule has 0 heterocycles. The summed E-state index contributed by atoms with van der Waals surface area (Å²) in [6.45, 7) is 0.681. The molecule has 7 heteroatoms. The van der Waals surface area contributed by atoms with Crippen LogP contribution in [0, 0.1) is 0 Å². The molecule has 0 aliphatic heterocycles. The highest BCUT2D eigenvalue weighted by Crippen LogP contribution is 2.27. The van der Waals surface area contributed by atoms with Gasteiger partial charge >= 0.3 is 0 Å². The number of nitrogens with two attached hydrogens (primary N) is 1. The number of benzene rings is 1. The van der Waals surface area contributed by atoms with Crippen LogP contribution >= 0.6 is 24.2 Å². The van der Waals surface area contributed by atoms with Gasteiger partial charge in [0.2, 0.25) is 5.91 Å². The maximum atomic E-state index is 12.2. The Morgan fingerprint density at radius 3 is 2.62 bits per heavy atom. The van der Waals surface area contributed by atoms with Crippen LogP contribution in [0.1, 0.15) is 32.1 Å². The van der Waals surface area contributed by atoms with Crippen molar-refractivity contribution in [3.63, 3.8) is 0 Å². The van der Waals surface area contributed by atoms with Gasteiger partial charge in [0, 0.05) is 17.0 Å². The zero-order chi connectivity index (χ0) is 14.8. The predicted molar refractivity (Wildman–Crippen MR) is 86.3 cm³/mol. The average Bonchev–Trinajstić information content (AvgIpc) is 2.38. The Labute approximate surface area is 134 Å². The second kappa shape index (κ2) is 11.8. The monoisotopic (exact) mass is 338 g/mol. The topological polar surface area (TPSA) is 55.1 Å². The summed E-state index contributed by atoms with van der Waals surface area (Å²) in [6.07, 6.45) is 4.25. The minimum absolute atomic E-state index is 0. The van der Waals surface area contributed by atoms with Crippen molar-refractivity contribution < 1.29 is 13.6 Å². The lowest BCUT2D eigenvalue weighted by molar-refractivity contribution is -0.116. The number of halogens is 3. The standard InChI is InChI=1S/C14H20F2N2OS.ClH/c15-14(16)20-12-7-5-6-11(10-12)18-13(19)8-3-1-2-4-9-17;/h5-7,10,14H,1-4,8-9,17H2,(H,18,19);1H. The van der Waals surface area contributed by atoms with Gasteiger partial charge in [0.25, 0.3) is 5.76 Å². The van der Waals surface area contributed by atoms with Gasteiger partial charge in [-0.1, -0.05) is 30.7 Å². The van der Waals surface area contributed by atoms with Crippen LogP contribution in [0.2, 0.25) is 0 Å². The summed E-state index contributed by atoms with van der Waals surface area (Å²) in [7, 11) is 0. The summed E-state index contributed by atoms with van der Waals surface area (Å²) in [5, 5.41) is 2.72. The van der Waals surface area contributed by atoms with Crippen LogP contribution in [0.5, 0.6) is 0 Å². The molecule has 3 N–H and O–H groups in total. The van der Waals surface area contributed by atoms with Gasteiger partial charge in [-0.25, -0.2) is 0 Å². The molecule has 0 bridgehead atoms. The zero-order valence-electron chi connectivity index (χ0n) is 11.7. The molecule has 0 atom stereocenters. The van der Waals surface area contributed by atoms with Crippen molar-refractivity contribution in [1.29, 1.82) is 0 Å². The van der Waals surface area contributed by atoms with E-state index in [9.17, 15) is 13.6 Å². The van der Waals surface area contributed by atoms with E-state index in [-0.39, 0.29) is 18.3 Å². The van der Waals surface area contributed by atoms with Gasteiger partial charge in [0.1, 0.15) is 0 Å². The second-order valence-electron chi connectivity index (χ2n) is 4.41. The molecule has 0 fully saturated rings. The van der Waals surface area contributed by atoms with Gasteiger partial charge in [-0.2, -0.15) is 8.78 Å². The molecule has 0 aliphatic rings.